The molecule has 1 atom stereocenters. The highest BCUT2D eigenvalue weighted by Crippen LogP contribution is 2.48. The first-order chi connectivity index (χ1) is 12.3. The number of halogens is 1. The van der Waals surface area contributed by atoms with Crippen LogP contribution in [0.3, 0.4) is 0 Å². The van der Waals surface area contributed by atoms with Crippen LogP contribution in [0.2, 0.25) is 5.02 Å². The Hall–Kier alpha value is -2.59. The number of rotatable bonds is 3. The predicted molar refractivity (Wildman–Crippen MR) is 98.6 cm³/mol. The Balaban J connectivity index is 1.97. The van der Waals surface area contributed by atoms with Crippen molar-refractivity contribution >= 4 is 23.5 Å². The number of esters is 2. The summed E-state index contributed by atoms with van der Waals surface area (Å²) in [5, 5.41) is 0.594. The smallest absolute Gasteiger partial charge is 0.343 e. The highest BCUT2D eigenvalue weighted by molar-refractivity contribution is 6.30. The van der Waals surface area contributed by atoms with Crippen LogP contribution < -0.4 is 0 Å². The molecule has 0 fully saturated rings. The Labute approximate surface area is 157 Å². The lowest BCUT2D eigenvalue weighted by molar-refractivity contribution is -0.155. The minimum Gasteiger partial charge on any atom is -0.453 e. The molecule has 5 heteroatoms. The van der Waals surface area contributed by atoms with E-state index in [1.165, 1.54) is 0 Å². The number of carbonyl (C=O) groups is 2. The second-order valence-corrected chi connectivity index (χ2v) is 7.20. The first-order valence-corrected chi connectivity index (χ1v) is 8.63. The molecule has 0 spiro atoms. The fourth-order valence-corrected chi connectivity index (χ4v) is 3.22. The fourth-order valence-electron chi connectivity index (χ4n) is 3.09. The van der Waals surface area contributed by atoms with E-state index in [-0.39, 0.29) is 0 Å². The lowest BCUT2D eigenvalue weighted by atomic mass is 9.77. The summed E-state index contributed by atoms with van der Waals surface area (Å²) in [6, 6.07) is 15.8. The van der Waals surface area contributed by atoms with Crippen LogP contribution in [0.4, 0.5) is 0 Å². The molecule has 0 aliphatic carbocycles. The Bertz CT molecular complexity index is 867. The van der Waals surface area contributed by atoms with Crippen LogP contribution in [0.15, 0.2) is 65.9 Å². The van der Waals surface area contributed by atoms with Gasteiger partial charge in [-0.25, -0.2) is 9.59 Å². The van der Waals surface area contributed by atoms with Crippen molar-refractivity contribution in [2.24, 2.45) is 5.41 Å². The van der Waals surface area contributed by atoms with E-state index in [0.29, 0.717) is 21.9 Å². The quantitative estimate of drug-likeness (QED) is 0.706. The van der Waals surface area contributed by atoms with Crippen LogP contribution >= 0.6 is 11.6 Å². The fraction of sp³-hybridized carbons (Fsp3) is 0.238. The third-order valence-electron chi connectivity index (χ3n) is 4.49. The van der Waals surface area contributed by atoms with Gasteiger partial charge in [0.1, 0.15) is 11.9 Å². The monoisotopic (exact) mass is 370 g/mol. The second-order valence-electron chi connectivity index (χ2n) is 6.77. The minimum atomic E-state index is -0.726. The SMILES string of the molecule is CC1=C(OC(=O)c2ccccc2)C(C)(C)[C@H](c2ccc(Cl)cc2)OC1=O. The number of ether oxygens (including phenoxy) is 2. The molecule has 0 unspecified atom stereocenters. The third kappa shape index (κ3) is 3.37. The van der Waals surface area contributed by atoms with Gasteiger partial charge in [0.15, 0.2) is 0 Å². The van der Waals surface area contributed by atoms with Crippen molar-refractivity contribution in [1.29, 1.82) is 0 Å². The molecule has 3 rings (SSSR count). The molecule has 0 saturated carbocycles. The van der Waals surface area contributed by atoms with E-state index in [1.807, 2.05) is 19.9 Å². The van der Waals surface area contributed by atoms with Crippen LogP contribution in [0, 0.1) is 5.41 Å². The molecule has 2 aromatic carbocycles. The Morgan fingerprint density at radius 1 is 1.08 bits per heavy atom. The highest BCUT2D eigenvalue weighted by Gasteiger charge is 2.46. The second kappa shape index (κ2) is 6.96. The van der Waals surface area contributed by atoms with E-state index >= 15 is 0 Å². The molecule has 0 aromatic heterocycles. The molecule has 26 heavy (non-hydrogen) atoms. The predicted octanol–water partition coefficient (Wildman–Crippen LogP) is 5.10. The first-order valence-electron chi connectivity index (χ1n) is 8.25. The number of benzene rings is 2. The molecular formula is C21H19ClO4. The maximum atomic E-state index is 12.5. The number of carbonyl (C=O) groups excluding carboxylic acids is 2. The summed E-state index contributed by atoms with van der Waals surface area (Å²) >= 11 is 5.95. The maximum absolute atomic E-state index is 12.5. The Morgan fingerprint density at radius 3 is 2.31 bits per heavy atom. The average Bonchev–Trinajstić information content (AvgIpc) is 2.63. The van der Waals surface area contributed by atoms with Gasteiger partial charge in [-0.2, -0.15) is 0 Å². The highest BCUT2D eigenvalue weighted by atomic mass is 35.5. The molecule has 1 aliphatic rings. The van der Waals surface area contributed by atoms with E-state index < -0.39 is 23.5 Å². The van der Waals surface area contributed by atoms with Gasteiger partial charge in [0.2, 0.25) is 0 Å². The zero-order valence-corrected chi connectivity index (χ0v) is 15.5. The van der Waals surface area contributed by atoms with Gasteiger partial charge in [-0.3, -0.25) is 0 Å². The van der Waals surface area contributed by atoms with Crippen molar-refractivity contribution < 1.29 is 19.1 Å². The molecule has 0 saturated heterocycles. The molecule has 134 valence electrons. The lowest BCUT2D eigenvalue weighted by Crippen LogP contribution is -2.37. The van der Waals surface area contributed by atoms with Crippen molar-refractivity contribution in [3.05, 3.63) is 82.1 Å². The van der Waals surface area contributed by atoms with Crippen molar-refractivity contribution in [2.75, 3.05) is 0 Å². The summed E-state index contributed by atoms with van der Waals surface area (Å²) in [5.41, 5.74) is 0.777. The van der Waals surface area contributed by atoms with E-state index in [2.05, 4.69) is 0 Å². The Kier molecular flexibility index (Phi) is 4.88. The molecule has 0 N–H and O–H groups in total. The van der Waals surface area contributed by atoms with Gasteiger partial charge >= 0.3 is 11.9 Å². The molecule has 4 nitrogen and oxygen atoms in total. The van der Waals surface area contributed by atoms with Gasteiger partial charge in [-0.15, -0.1) is 0 Å². The van der Waals surface area contributed by atoms with Crippen LogP contribution in [0.1, 0.15) is 42.8 Å². The molecule has 0 bridgehead atoms. The van der Waals surface area contributed by atoms with Crippen LogP contribution in [0.25, 0.3) is 0 Å². The summed E-state index contributed by atoms with van der Waals surface area (Å²) in [7, 11) is 0. The minimum absolute atomic E-state index is 0.296. The largest absolute Gasteiger partial charge is 0.453 e. The number of hydrogen-bond acceptors (Lipinski definition) is 4. The molecule has 0 radical (unpaired) electrons. The zero-order chi connectivity index (χ0) is 18.9. The average molecular weight is 371 g/mol. The van der Waals surface area contributed by atoms with Gasteiger partial charge in [-0.05, 0) is 50.6 Å². The van der Waals surface area contributed by atoms with Gasteiger partial charge in [-0.1, -0.05) is 41.9 Å². The van der Waals surface area contributed by atoms with Gasteiger partial charge in [0, 0.05) is 5.02 Å². The van der Waals surface area contributed by atoms with Crippen molar-refractivity contribution in [3.63, 3.8) is 0 Å². The number of cyclic esters (lactones) is 1. The Morgan fingerprint density at radius 2 is 1.69 bits per heavy atom. The van der Waals surface area contributed by atoms with Crippen LogP contribution in [0.5, 0.6) is 0 Å². The van der Waals surface area contributed by atoms with Crippen molar-refractivity contribution in [3.8, 4) is 0 Å². The summed E-state index contributed by atoms with van der Waals surface area (Å²) in [5.74, 6) is -0.680. The molecule has 1 heterocycles. The summed E-state index contributed by atoms with van der Waals surface area (Å²) < 4.78 is 11.3. The van der Waals surface area contributed by atoms with Gasteiger partial charge in [0.05, 0.1) is 16.6 Å². The van der Waals surface area contributed by atoms with E-state index in [9.17, 15) is 9.59 Å². The van der Waals surface area contributed by atoms with E-state index in [4.69, 9.17) is 21.1 Å². The number of hydrogen-bond donors (Lipinski definition) is 0. The van der Waals surface area contributed by atoms with Crippen LogP contribution in [-0.2, 0) is 14.3 Å². The molecule has 2 aromatic rings. The van der Waals surface area contributed by atoms with Gasteiger partial charge < -0.3 is 9.47 Å². The summed E-state index contributed by atoms with van der Waals surface area (Å²) in [6.07, 6.45) is -0.588. The molecular weight excluding hydrogens is 352 g/mol. The van der Waals surface area contributed by atoms with E-state index in [0.717, 1.165) is 5.56 Å². The van der Waals surface area contributed by atoms with Crippen molar-refractivity contribution in [1.82, 2.24) is 0 Å². The maximum Gasteiger partial charge on any atom is 0.343 e. The first kappa shape index (κ1) is 18.2. The zero-order valence-electron chi connectivity index (χ0n) is 14.8. The normalized spacial score (nSPS) is 19.1. The van der Waals surface area contributed by atoms with Gasteiger partial charge in [0.25, 0.3) is 0 Å². The lowest BCUT2D eigenvalue weighted by Gasteiger charge is -2.39. The van der Waals surface area contributed by atoms with Crippen LogP contribution in [-0.4, -0.2) is 11.9 Å². The van der Waals surface area contributed by atoms with E-state index in [1.54, 1.807) is 55.5 Å². The summed E-state index contributed by atoms with van der Waals surface area (Å²) in [6.45, 7) is 5.38. The summed E-state index contributed by atoms with van der Waals surface area (Å²) in [4.78, 5) is 24.9. The van der Waals surface area contributed by atoms with Crippen molar-refractivity contribution in [2.45, 2.75) is 26.9 Å². The molecule has 1 aliphatic heterocycles. The molecule has 0 amide bonds. The third-order valence-corrected chi connectivity index (χ3v) is 4.74. The topological polar surface area (TPSA) is 52.6 Å². The standard InChI is InChI=1S/C21H19ClO4/c1-13-17(25-20(24)15-7-5-4-6-8-15)21(2,3)18(26-19(13)23)14-9-11-16(22)12-10-14/h4-12,18H,1-3H3/t18-/m0/s1.